The second kappa shape index (κ2) is 23.3. The highest BCUT2D eigenvalue weighted by Crippen LogP contribution is 2.58. The topological polar surface area (TPSA) is 107 Å². The predicted octanol–water partition coefficient (Wildman–Crippen LogP) is 18.9. The van der Waals surface area contributed by atoms with Crippen LogP contribution in [-0.2, 0) is 38.8 Å². The Morgan fingerprint density at radius 1 is 0.302 bits per heavy atom. The first kappa shape index (κ1) is 63.4. The minimum absolute atomic E-state index is 0.360. The number of aromatic nitrogens is 2. The van der Waals surface area contributed by atoms with E-state index in [-0.39, 0.29) is 22.4 Å². The Morgan fingerprint density at radius 2 is 0.594 bits per heavy atom. The fourth-order valence-electron chi connectivity index (χ4n) is 14.3. The summed E-state index contributed by atoms with van der Waals surface area (Å²) >= 11 is 6.33. The van der Waals surface area contributed by atoms with Crippen LogP contribution in [0.3, 0.4) is 0 Å². The first-order valence-corrected chi connectivity index (χ1v) is 33.5. The first-order valence-electron chi connectivity index (χ1n) is 33.2. The third-order valence-electron chi connectivity index (χ3n) is 21.5. The molecule has 5 aliphatic rings. The van der Waals surface area contributed by atoms with Gasteiger partial charge in [0.25, 0.3) is 0 Å². The zero-order valence-corrected chi connectivity index (χ0v) is 57.1. The molecule has 5 heterocycles. The van der Waals surface area contributed by atoms with Gasteiger partial charge in [-0.1, -0.05) is 194 Å². The van der Waals surface area contributed by atoms with Crippen LogP contribution in [0.25, 0.3) is 67.4 Å². The zero-order valence-electron chi connectivity index (χ0n) is 56.4. The molecule has 0 radical (unpaired) electrons. The summed E-state index contributed by atoms with van der Waals surface area (Å²) in [4.78, 5) is 9.58. The van der Waals surface area contributed by atoms with Gasteiger partial charge in [-0.15, -0.1) is 0 Å². The summed E-state index contributed by atoms with van der Waals surface area (Å²) in [6.45, 7) is 24.6. The summed E-state index contributed by atoms with van der Waals surface area (Å²) in [6, 6.07) is 84.9. The van der Waals surface area contributed by atoms with Crippen LogP contribution in [0.1, 0.15) is 128 Å². The third kappa shape index (κ3) is 10.3. The van der Waals surface area contributed by atoms with Crippen molar-refractivity contribution in [3.05, 3.63) is 292 Å². The highest BCUT2D eigenvalue weighted by Gasteiger charge is 2.64. The normalized spacial score (nSPS) is 18.8. The third-order valence-corrected chi connectivity index (χ3v) is 21.8. The quantitative estimate of drug-likeness (QED) is 0.137. The van der Waals surface area contributed by atoms with Gasteiger partial charge in [0.2, 0.25) is 11.8 Å². The van der Waals surface area contributed by atoms with Crippen LogP contribution in [0.15, 0.2) is 251 Å². The van der Waals surface area contributed by atoms with E-state index in [1.54, 1.807) is 0 Å². The van der Waals surface area contributed by atoms with Gasteiger partial charge >= 0.3 is 21.1 Å². The van der Waals surface area contributed by atoms with Gasteiger partial charge in [0.05, 0.1) is 44.4 Å². The SMILES string of the molecule is CC1(C)OB(B2OC(C)(C)C(C)(C)O2)OC1(C)C.CC1(C)OB(c2ccc(C3(c4ccc5nc(-c6ccccc6)oc5c4)c4ccccc4-c4ccccc43)cc2)OC1(C)C.Clc1ccc(C2(c3ccc4nc(-c5ccccc5)oc4c3)c3ccccc3-c3ccccc32)cc1. The maximum absolute atomic E-state index is 6.39. The van der Waals surface area contributed by atoms with Gasteiger partial charge in [0.1, 0.15) is 11.0 Å². The van der Waals surface area contributed by atoms with E-state index >= 15 is 0 Å². The molecule has 10 nitrogen and oxygen atoms in total. The number of fused-ring (bicyclic) bond motifs is 8. The largest absolute Gasteiger partial charge is 0.494 e. The van der Waals surface area contributed by atoms with E-state index in [1.165, 1.54) is 55.6 Å². The summed E-state index contributed by atoms with van der Waals surface area (Å²) in [5.74, 6) is 1.26. The van der Waals surface area contributed by atoms with Gasteiger partial charge in [-0.05, 0) is 216 Å². The number of nitrogens with zero attached hydrogens (tertiary/aromatic N) is 2. The van der Waals surface area contributed by atoms with Crippen molar-refractivity contribution in [2.75, 3.05) is 0 Å². The average molecular weight is 1290 g/mol. The van der Waals surface area contributed by atoms with E-state index in [2.05, 4.69) is 198 Å². The fraction of sp³-hybridized carbons (Fsp3) is 0.244. The standard InChI is InChI=1S/C38H32BNO3.C32H20ClNO.C12H24B2O4/c1-36(2)37(3,4)43-39(42-36)28-21-18-26(19-22-28)38(31-16-10-8-14-29(31)30-15-9-11-17-32(30)38)27-20-23-33-34(24-27)41-35(40-33)25-12-6-5-7-13-25;33-24-17-14-22(15-18-24)32(27-12-6-4-10-25(27)26-11-5-7-13-28(26)32)23-16-19-29-30(20-23)35-31(34-29)21-8-2-1-3-9-21;1-9(2)10(3,4)16-13(15-9)14-17-11(5,6)12(7,8)18-14/h5-24H,1-4H3;1-20H;1-8H3. The molecule has 3 fully saturated rings. The molecule has 0 saturated carbocycles. The van der Waals surface area contributed by atoms with Crippen molar-refractivity contribution in [3.63, 3.8) is 0 Å². The van der Waals surface area contributed by atoms with Gasteiger partial charge in [-0.2, -0.15) is 0 Å². The number of oxazole rings is 2. The highest BCUT2D eigenvalue weighted by molar-refractivity contribution is 7.11. The number of hydrogen-bond acceptors (Lipinski definition) is 10. The lowest BCUT2D eigenvalue weighted by Gasteiger charge is -2.34. The van der Waals surface area contributed by atoms with Crippen molar-refractivity contribution in [1.29, 1.82) is 0 Å². The van der Waals surface area contributed by atoms with Crippen LogP contribution in [-0.4, -0.2) is 64.7 Å². The van der Waals surface area contributed by atoms with E-state index in [1.807, 2.05) is 128 Å². The molecule has 96 heavy (non-hydrogen) atoms. The Morgan fingerprint density at radius 3 is 0.938 bits per heavy atom. The first-order chi connectivity index (χ1) is 45.9. The van der Waals surface area contributed by atoms with Crippen molar-refractivity contribution in [2.45, 2.75) is 128 Å². The van der Waals surface area contributed by atoms with Crippen molar-refractivity contribution in [1.82, 2.24) is 9.97 Å². The van der Waals surface area contributed by atoms with Crippen LogP contribution in [0, 0.1) is 0 Å². The van der Waals surface area contributed by atoms with Gasteiger partial charge in [-0.25, -0.2) is 9.97 Å². The second-order valence-electron chi connectivity index (χ2n) is 28.8. The molecule has 0 N–H and O–H groups in total. The maximum Gasteiger partial charge on any atom is 0.494 e. The molecule has 0 spiro atoms. The van der Waals surface area contributed by atoms with Crippen molar-refractivity contribution in [2.24, 2.45) is 0 Å². The summed E-state index contributed by atoms with van der Waals surface area (Å²) in [5.41, 5.74) is 17.5. The van der Waals surface area contributed by atoms with Gasteiger partial charge in [-0.3, -0.25) is 0 Å². The number of benzene rings is 10. The van der Waals surface area contributed by atoms with E-state index < -0.39 is 43.2 Å². The molecule has 10 aromatic carbocycles. The van der Waals surface area contributed by atoms with Gasteiger partial charge in [0.15, 0.2) is 11.2 Å². The van der Waals surface area contributed by atoms with Gasteiger partial charge < -0.3 is 36.8 Å². The molecule has 3 aliphatic heterocycles. The smallest absolute Gasteiger partial charge is 0.436 e. The fourth-order valence-corrected chi connectivity index (χ4v) is 14.5. The Balaban J connectivity index is 0.000000128. The van der Waals surface area contributed by atoms with Crippen molar-refractivity contribution >= 4 is 60.4 Å². The van der Waals surface area contributed by atoms with Crippen LogP contribution in [0.2, 0.25) is 5.02 Å². The van der Waals surface area contributed by atoms with Crippen molar-refractivity contribution < 1.29 is 36.8 Å². The van der Waals surface area contributed by atoms with Crippen LogP contribution in [0.4, 0.5) is 0 Å². The molecule has 478 valence electrons. The van der Waals surface area contributed by atoms with Crippen molar-refractivity contribution in [3.8, 4) is 45.2 Å². The summed E-state index contributed by atoms with van der Waals surface area (Å²) in [6.07, 6.45) is 0. The Kier molecular flexibility index (Phi) is 15.4. The predicted molar refractivity (Wildman–Crippen MR) is 386 cm³/mol. The molecular formula is C82H76B3ClN2O8. The van der Waals surface area contributed by atoms with Crippen LogP contribution >= 0.6 is 11.6 Å². The maximum atomic E-state index is 6.39. The molecule has 2 aliphatic carbocycles. The minimum Gasteiger partial charge on any atom is -0.436 e. The summed E-state index contributed by atoms with van der Waals surface area (Å²) < 4.78 is 49.3. The highest BCUT2D eigenvalue weighted by atomic mass is 35.5. The molecule has 14 heteroatoms. The second-order valence-corrected chi connectivity index (χ2v) is 29.2. The molecule has 0 atom stereocenters. The van der Waals surface area contributed by atoms with Crippen LogP contribution < -0.4 is 5.46 Å². The molecule has 2 aromatic heterocycles. The monoisotopic (exact) mass is 1280 g/mol. The number of rotatable bonds is 8. The Bertz CT molecular complexity index is 4740. The minimum atomic E-state index is -0.546. The van der Waals surface area contributed by atoms with E-state index in [9.17, 15) is 0 Å². The molecule has 17 rings (SSSR count). The lowest BCUT2D eigenvalue weighted by Crippen LogP contribution is -2.41. The molecule has 3 saturated heterocycles. The summed E-state index contributed by atoms with van der Waals surface area (Å²) in [7, 11) is -1.37. The zero-order chi connectivity index (χ0) is 66.8. The Hall–Kier alpha value is -8.62. The lowest BCUT2D eigenvalue weighted by atomic mass is 9.49. The lowest BCUT2D eigenvalue weighted by molar-refractivity contribution is 0.00578. The molecule has 0 bridgehead atoms. The van der Waals surface area contributed by atoms with E-state index in [0.717, 1.165) is 54.9 Å². The molecule has 0 unspecified atom stereocenters. The molecule has 12 aromatic rings. The average Bonchev–Trinajstić information content (AvgIpc) is 1.52. The summed E-state index contributed by atoms with van der Waals surface area (Å²) in [5, 5.41) is 0.724. The van der Waals surface area contributed by atoms with Gasteiger partial charge in [0, 0.05) is 16.1 Å². The number of halogens is 1. The molecular weight excluding hydrogens is 1210 g/mol. The Labute approximate surface area is 568 Å². The molecule has 0 amide bonds. The van der Waals surface area contributed by atoms with Crippen LogP contribution in [0.5, 0.6) is 0 Å². The number of hydrogen-bond donors (Lipinski definition) is 0. The van der Waals surface area contributed by atoms with E-state index in [0.29, 0.717) is 11.8 Å². The van der Waals surface area contributed by atoms with E-state index in [4.69, 9.17) is 58.3 Å².